The van der Waals surface area contributed by atoms with Gasteiger partial charge in [-0.2, -0.15) is 0 Å². The third-order valence-corrected chi connectivity index (χ3v) is 3.94. The molecule has 2 aliphatic heterocycles. The number of amides is 1. The lowest BCUT2D eigenvalue weighted by molar-refractivity contribution is 0.0925. The molecule has 2 bridgehead atoms. The zero-order chi connectivity index (χ0) is 12.7. The molecule has 1 aromatic heterocycles. The molecule has 96 valence electrons. The molecule has 3 rings (SSSR count). The minimum Gasteiger partial charge on any atom is -0.346 e. The lowest BCUT2D eigenvalue weighted by atomic mass is 9.95. The maximum absolute atomic E-state index is 13.2. The summed E-state index contributed by atoms with van der Waals surface area (Å²) in [6.45, 7) is 0. The van der Waals surface area contributed by atoms with Crippen molar-refractivity contribution in [2.75, 3.05) is 0 Å². The Labute approximate surface area is 109 Å². The number of hydrogen-bond donors (Lipinski definition) is 2. The van der Waals surface area contributed by atoms with Crippen LogP contribution in [0.2, 0.25) is 5.02 Å². The van der Waals surface area contributed by atoms with Crippen molar-refractivity contribution in [2.45, 2.75) is 37.4 Å². The highest BCUT2D eigenvalue weighted by atomic mass is 35.5. The molecule has 6 heteroatoms. The van der Waals surface area contributed by atoms with Crippen LogP contribution in [0.5, 0.6) is 0 Å². The summed E-state index contributed by atoms with van der Waals surface area (Å²) in [6.07, 6.45) is 4.35. The number of carbonyl (C=O) groups excluding carboxylic acids is 1. The topological polar surface area (TPSA) is 54.0 Å². The van der Waals surface area contributed by atoms with E-state index in [0.29, 0.717) is 12.1 Å². The summed E-state index contributed by atoms with van der Waals surface area (Å²) in [7, 11) is 0. The summed E-state index contributed by atoms with van der Waals surface area (Å²) >= 11 is 5.53. The van der Waals surface area contributed by atoms with Crippen LogP contribution in [0, 0.1) is 5.82 Å². The maximum Gasteiger partial charge on any atom is 0.270 e. The highest BCUT2D eigenvalue weighted by Crippen LogP contribution is 2.28. The van der Waals surface area contributed by atoms with Crippen LogP contribution in [0.4, 0.5) is 4.39 Å². The van der Waals surface area contributed by atoms with Crippen LogP contribution in [0.25, 0.3) is 0 Å². The minimum absolute atomic E-state index is 0.0691. The van der Waals surface area contributed by atoms with Crippen molar-refractivity contribution in [3.05, 3.63) is 28.8 Å². The van der Waals surface area contributed by atoms with Crippen molar-refractivity contribution in [3.63, 3.8) is 0 Å². The van der Waals surface area contributed by atoms with Crippen LogP contribution in [-0.2, 0) is 0 Å². The standard InChI is InChI=1S/C12H13ClFN3O/c13-7-5-15-11(4-8(7)14)12(18)17-10-3-6-1-2-9(10)16-6/h4-6,9-10,16H,1-3H2,(H,17,18)/t6-,9+,10-/m1/s1. The SMILES string of the molecule is O=C(N[C@@H]1C[C@H]2CC[C@@H]1N2)c1cc(F)c(Cl)cn1. The summed E-state index contributed by atoms with van der Waals surface area (Å²) in [5.41, 5.74) is 0.0691. The fourth-order valence-electron chi connectivity index (χ4n) is 2.76. The predicted octanol–water partition coefficient (Wildman–Crippen LogP) is 1.50. The van der Waals surface area contributed by atoms with Gasteiger partial charge in [-0.25, -0.2) is 9.37 Å². The van der Waals surface area contributed by atoms with Crippen molar-refractivity contribution >= 4 is 17.5 Å². The Balaban J connectivity index is 1.69. The summed E-state index contributed by atoms with van der Waals surface area (Å²) in [6, 6.07) is 2.04. The molecule has 0 saturated carbocycles. The van der Waals surface area contributed by atoms with Gasteiger partial charge in [-0.15, -0.1) is 0 Å². The largest absolute Gasteiger partial charge is 0.346 e. The third-order valence-electron chi connectivity index (χ3n) is 3.66. The van der Waals surface area contributed by atoms with E-state index < -0.39 is 5.82 Å². The van der Waals surface area contributed by atoms with Gasteiger partial charge in [0.1, 0.15) is 11.5 Å². The van der Waals surface area contributed by atoms with E-state index in [-0.39, 0.29) is 22.7 Å². The molecule has 2 fully saturated rings. The van der Waals surface area contributed by atoms with E-state index in [1.54, 1.807) is 0 Å². The van der Waals surface area contributed by atoms with Crippen LogP contribution in [-0.4, -0.2) is 29.0 Å². The third kappa shape index (κ3) is 2.08. The van der Waals surface area contributed by atoms with Gasteiger partial charge in [0.15, 0.2) is 0 Å². The van der Waals surface area contributed by atoms with E-state index in [0.717, 1.165) is 25.1 Å². The normalized spacial score (nSPS) is 29.6. The average molecular weight is 270 g/mol. The highest BCUT2D eigenvalue weighted by molar-refractivity contribution is 6.30. The summed E-state index contributed by atoms with van der Waals surface area (Å²) < 4.78 is 13.2. The number of nitrogens with one attached hydrogen (secondary N) is 2. The van der Waals surface area contributed by atoms with Gasteiger partial charge in [-0.1, -0.05) is 11.6 Å². The molecular formula is C12H13ClFN3O. The minimum atomic E-state index is -0.622. The average Bonchev–Trinajstić information content (AvgIpc) is 2.94. The number of aromatic nitrogens is 1. The zero-order valence-electron chi connectivity index (χ0n) is 9.62. The molecule has 0 unspecified atom stereocenters. The molecule has 2 saturated heterocycles. The number of halogens is 2. The van der Waals surface area contributed by atoms with Crippen molar-refractivity contribution in [2.24, 2.45) is 0 Å². The smallest absolute Gasteiger partial charge is 0.270 e. The fraction of sp³-hybridized carbons (Fsp3) is 0.500. The number of fused-ring (bicyclic) bond motifs is 2. The van der Waals surface area contributed by atoms with Gasteiger partial charge in [0.25, 0.3) is 5.91 Å². The van der Waals surface area contributed by atoms with E-state index >= 15 is 0 Å². The molecule has 18 heavy (non-hydrogen) atoms. The Morgan fingerprint density at radius 3 is 3.00 bits per heavy atom. The zero-order valence-corrected chi connectivity index (χ0v) is 10.4. The monoisotopic (exact) mass is 269 g/mol. The molecule has 0 radical (unpaired) electrons. The van der Waals surface area contributed by atoms with Gasteiger partial charge in [-0.05, 0) is 19.3 Å². The predicted molar refractivity (Wildman–Crippen MR) is 65.0 cm³/mol. The number of pyridine rings is 1. The van der Waals surface area contributed by atoms with Gasteiger partial charge in [0, 0.05) is 30.4 Å². The lowest BCUT2D eigenvalue weighted by Crippen LogP contribution is -2.43. The summed E-state index contributed by atoms with van der Waals surface area (Å²) in [4.78, 5) is 15.8. The van der Waals surface area contributed by atoms with Crippen LogP contribution in [0.15, 0.2) is 12.3 Å². The number of hydrogen-bond acceptors (Lipinski definition) is 3. The molecular weight excluding hydrogens is 257 g/mol. The molecule has 0 spiro atoms. The van der Waals surface area contributed by atoms with Gasteiger partial charge in [0.2, 0.25) is 0 Å². The van der Waals surface area contributed by atoms with Crippen molar-refractivity contribution < 1.29 is 9.18 Å². The second kappa shape index (κ2) is 4.48. The molecule has 1 amide bonds. The van der Waals surface area contributed by atoms with E-state index in [4.69, 9.17) is 11.6 Å². The van der Waals surface area contributed by atoms with Gasteiger partial charge in [0.05, 0.1) is 5.02 Å². The second-order valence-electron chi connectivity index (χ2n) is 4.85. The quantitative estimate of drug-likeness (QED) is 0.855. The van der Waals surface area contributed by atoms with E-state index in [2.05, 4.69) is 15.6 Å². The second-order valence-corrected chi connectivity index (χ2v) is 5.25. The molecule has 3 heterocycles. The Morgan fingerprint density at radius 1 is 1.56 bits per heavy atom. The first-order valence-electron chi connectivity index (χ1n) is 6.01. The molecule has 2 aliphatic rings. The van der Waals surface area contributed by atoms with Crippen LogP contribution in [0.3, 0.4) is 0 Å². The molecule has 1 aromatic rings. The number of rotatable bonds is 2. The van der Waals surface area contributed by atoms with E-state index in [1.165, 1.54) is 6.42 Å². The number of carbonyl (C=O) groups is 1. The molecule has 0 aromatic carbocycles. The van der Waals surface area contributed by atoms with Crippen LogP contribution < -0.4 is 10.6 Å². The summed E-state index contributed by atoms with van der Waals surface area (Å²) in [5, 5.41) is 6.25. The van der Waals surface area contributed by atoms with Crippen LogP contribution >= 0.6 is 11.6 Å². The van der Waals surface area contributed by atoms with Gasteiger partial charge < -0.3 is 10.6 Å². The summed E-state index contributed by atoms with van der Waals surface area (Å²) in [5.74, 6) is -0.965. The van der Waals surface area contributed by atoms with Crippen molar-refractivity contribution in [1.29, 1.82) is 0 Å². The van der Waals surface area contributed by atoms with Gasteiger partial charge in [-0.3, -0.25) is 4.79 Å². The lowest BCUT2D eigenvalue weighted by Gasteiger charge is -2.21. The Hall–Kier alpha value is -1.20. The molecule has 4 nitrogen and oxygen atoms in total. The maximum atomic E-state index is 13.2. The first kappa shape index (κ1) is 11.9. The Kier molecular flexibility index (Phi) is 2.95. The Morgan fingerprint density at radius 2 is 2.39 bits per heavy atom. The van der Waals surface area contributed by atoms with Crippen LogP contribution in [0.1, 0.15) is 29.8 Å². The highest BCUT2D eigenvalue weighted by Gasteiger charge is 2.39. The van der Waals surface area contributed by atoms with Gasteiger partial charge >= 0.3 is 0 Å². The fourth-order valence-corrected chi connectivity index (χ4v) is 2.87. The van der Waals surface area contributed by atoms with Crippen molar-refractivity contribution in [1.82, 2.24) is 15.6 Å². The molecule has 3 atom stereocenters. The first-order valence-corrected chi connectivity index (χ1v) is 6.39. The van der Waals surface area contributed by atoms with Crippen molar-refractivity contribution in [3.8, 4) is 0 Å². The Bertz CT molecular complexity index is 496. The number of nitrogens with zero attached hydrogens (tertiary/aromatic N) is 1. The van der Waals surface area contributed by atoms with E-state index in [9.17, 15) is 9.18 Å². The molecule has 0 aliphatic carbocycles. The molecule has 2 N–H and O–H groups in total. The van der Waals surface area contributed by atoms with E-state index in [1.807, 2.05) is 0 Å². The first-order chi connectivity index (χ1) is 8.63.